The third-order valence-electron chi connectivity index (χ3n) is 2.44. The van der Waals surface area contributed by atoms with Gasteiger partial charge in [-0.3, -0.25) is 5.10 Å². The van der Waals surface area contributed by atoms with Crippen LogP contribution < -0.4 is 0 Å². The number of nitrogens with zero attached hydrogens (tertiary/aromatic N) is 2. The molecule has 1 aromatic rings. The Kier molecular flexibility index (Phi) is 2.73. The molecule has 1 aliphatic carbocycles. The van der Waals surface area contributed by atoms with Crippen LogP contribution in [0.5, 0.6) is 0 Å². The summed E-state index contributed by atoms with van der Waals surface area (Å²) in [5.74, 6) is 1.01. The number of rotatable bonds is 2. The monoisotopic (exact) mass is 223 g/mol. The van der Waals surface area contributed by atoms with Gasteiger partial charge in [-0.2, -0.15) is 5.10 Å². The smallest absolute Gasteiger partial charge is 0.195 e. The van der Waals surface area contributed by atoms with E-state index in [1.807, 2.05) is 23.6 Å². The number of hydrogen-bond acceptors (Lipinski definition) is 3. The summed E-state index contributed by atoms with van der Waals surface area (Å²) in [7, 11) is 0. The second-order valence-electron chi connectivity index (χ2n) is 3.38. The SMILES string of the molecule is CCn1c(C2=CCCC=C2O)n[nH]c1=S. The third kappa shape index (κ3) is 1.74. The molecule has 0 atom stereocenters. The summed E-state index contributed by atoms with van der Waals surface area (Å²) in [6.07, 6.45) is 5.62. The topological polar surface area (TPSA) is 53.8 Å². The Morgan fingerprint density at radius 3 is 2.93 bits per heavy atom. The van der Waals surface area contributed by atoms with Gasteiger partial charge in [-0.05, 0) is 38.1 Å². The number of aromatic nitrogens is 3. The number of H-pyrrole nitrogens is 1. The molecule has 80 valence electrons. The van der Waals surface area contributed by atoms with Crippen molar-refractivity contribution in [2.45, 2.75) is 26.3 Å². The summed E-state index contributed by atoms with van der Waals surface area (Å²) >= 11 is 5.10. The lowest BCUT2D eigenvalue weighted by molar-refractivity contribution is 0.431. The van der Waals surface area contributed by atoms with Crippen molar-refractivity contribution in [3.05, 3.63) is 28.5 Å². The summed E-state index contributed by atoms with van der Waals surface area (Å²) in [6.45, 7) is 2.74. The van der Waals surface area contributed by atoms with Gasteiger partial charge in [-0.25, -0.2) is 0 Å². The molecule has 0 saturated carbocycles. The minimum absolute atomic E-state index is 0.296. The van der Waals surface area contributed by atoms with E-state index in [1.54, 1.807) is 0 Å². The zero-order valence-electron chi connectivity index (χ0n) is 8.53. The van der Waals surface area contributed by atoms with E-state index in [9.17, 15) is 5.11 Å². The van der Waals surface area contributed by atoms with Crippen LogP contribution in [-0.4, -0.2) is 19.9 Å². The fourth-order valence-corrected chi connectivity index (χ4v) is 1.95. The molecule has 0 spiro atoms. The highest BCUT2D eigenvalue weighted by atomic mass is 32.1. The molecule has 1 aliphatic rings. The van der Waals surface area contributed by atoms with Crippen molar-refractivity contribution < 1.29 is 5.11 Å². The Balaban J connectivity index is 2.50. The van der Waals surface area contributed by atoms with Crippen LogP contribution in [0.15, 0.2) is 17.9 Å². The van der Waals surface area contributed by atoms with Gasteiger partial charge in [0.25, 0.3) is 0 Å². The maximum absolute atomic E-state index is 9.74. The van der Waals surface area contributed by atoms with Crippen molar-refractivity contribution >= 4 is 17.8 Å². The van der Waals surface area contributed by atoms with Crippen molar-refractivity contribution in [3.8, 4) is 0 Å². The van der Waals surface area contributed by atoms with Crippen LogP contribution in [0.3, 0.4) is 0 Å². The number of nitrogens with one attached hydrogen (secondary N) is 1. The first-order chi connectivity index (χ1) is 7.24. The fraction of sp³-hybridized carbons (Fsp3) is 0.400. The molecule has 0 radical (unpaired) electrons. The van der Waals surface area contributed by atoms with Gasteiger partial charge >= 0.3 is 0 Å². The van der Waals surface area contributed by atoms with Crippen LogP contribution in [0.2, 0.25) is 0 Å². The first-order valence-electron chi connectivity index (χ1n) is 4.99. The second-order valence-corrected chi connectivity index (χ2v) is 3.77. The van der Waals surface area contributed by atoms with Crippen LogP contribution in [0, 0.1) is 4.77 Å². The fourth-order valence-electron chi connectivity index (χ4n) is 1.68. The average molecular weight is 223 g/mol. The van der Waals surface area contributed by atoms with Gasteiger partial charge in [0, 0.05) is 6.54 Å². The van der Waals surface area contributed by atoms with Crippen LogP contribution >= 0.6 is 12.2 Å². The Bertz CT molecular complexity index is 481. The molecule has 0 fully saturated rings. The molecule has 2 rings (SSSR count). The average Bonchev–Trinajstić information content (AvgIpc) is 2.60. The van der Waals surface area contributed by atoms with Crippen LogP contribution in [-0.2, 0) is 6.54 Å². The minimum Gasteiger partial charge on any atom is -0.508 e. The molecule has 0 amide bonds. The molecule has 1 heterocycles. The van der Waals surface area contributed by atoms with E-state index in [-0.39, 0.29) is 0 Å². The summed E-state index contributed by atoms with van der Waals surface area (Å²) < 4.78 is 2.46. The number of allylic oxidation sites excluding steroid dienone is 3. The lowest BCUT2D eigenvalue weighted by Gasteiger charge is -2.11. The van der Waals surface area contributed by atoms with E-state index in [0.29, 0.717) is 10.5 Å². The summed E-state index contributed by atoms with van der Waals surface area (Å²) in [6, 6.07) is 0. The van der Waals surface area contributed by atoms with E-state index in [0.717, 1.165) is 30.8 Å². The van der Waals surface area contributed by atoms with Gasteiger partial charge in [0.1, 0.15) is 5.76 Å². The highest BCUT2D eigenvalue weighted by Gasteiger charge is 2.15. The molecular weight excluding hydrogens is 210 g/mol. The molecule has 1 aromatic heterocycles. The van der Waals surface area contributed by atoms with Crippen molar-refractivity contribution in [2.24, 2.45) is 0 Å². The number of aliphatic hydroxyl groups is 1. The van der Waals surface area contributed by atoms with E-state index in [1.165, 1.54) is 0 Å². The van der Waals surface area contributed by atoms with Gasteiger partial charge in [0.05, 0.1) is 5.57 Å². The maximum atomic E-state index is 9.74. The lowest BCUT2D eigenvalue weighted by Crippen LogP contribution is -2.04. The zero-order valence-corrected chi connectivity index (χ0v) is 9.34. The second kappa shape index (κ2) is 4.02. The Hall–Kier alpha value is -1.36. The summed E-state index contributed by atoms with van der Waals surface area (Å²) in [5.41, 5.74) is 0.774. The van der Waals surface area contributed by atoms with Crippen LogP contribution in [0.1, 0.15) is 25.6 Å². The molecule has 5 heteroatoms. The zero-order chi connectivity index (χ0) is 10.8. The number of aliphatic hydroxyl groups excluding tert-OH is 1. The Labute approximate surface area is 92.9 Å². The number of aromatic amines is 1. The van der Waals surface area contributed by atoms with E-state index < -0.39 is 0 Å². The molecule has 0 saturated heterocycles. The minimum atomic E-state index is 0.296. The Morgan fingerprint density at radius 1 is 1.53 bits per heavy atom. The third-order valence-corrected chi connectivity index (χ3v) is 2.76. The molecule has 0 aliphatic heterocycles. The molecule has 0 bridgehead atoms. The lowest BCUT2D eigenvalue weighted by atomic mass is 10.0. The quantitative estimate of drug-likeness (QED) is 0.758. The first-order valence-corrected chi connectivity index (χ1v) is 5.40. The molecule has 4 nitrogen and oxygen atoms in total. The summed E-state index contributed by atoms with van der Waals surface area (Å²) in [5, 5.41) is 16.6. The molecule has 0 unspecified atom stereocenters. The molecule has 2 N–H and O–H groups in total. The van der Waals surface area contributed by atoms with Gasteiger partial charge in [-0.15, -0.1) is 0 Å². The van der Waals surface area contributed by atoms with Crippen LogP contribution in [0.4, 0.5) is 0 Å². The van der Waals surface area contributed by atoms with E-state index >= 15 is 0 Å². The van der Waals surface area contributed by atoms with Crippen molar-refractivity contribution in [1.29, 1.82) is 0 Å². The van der Waals surface area contributed by atoms with Gasteiger partial charge in [-0.1, -0.05) is 6.08 Å². The standard InChI is InChI=1S/C10H13N3OS/c1-2-13-9(11-12-10(13)15)7-5-3-4-6-8(7)14/h5-6,14H,2-4H2,1H3,(H,12,15). The van der Waals surface area contributed by atoms with Crippen LogP contribution in [0.25, 0.3) is 5.57 Å². The van der Waals surface area contributed by atoms with Gasteiger partial charge in [0.2, 0.25) is 0 Å². The van der Waals surface area contributed by atoms with Gasteiger partial charge in [0.15, 0.2) is 10.6 Å². The highest BCUT2D eigenvalue weighted by Crippen LogP contribution is 2.24. The largest absolute Gasteiger partial charge is 0.508 e. The summed E-state index contributed by atoms with van der Waals surface area (Å²) in [4.78, 5) is 0. The predicted molar refractivity (Wildman–Crippen MR) is 61.0 cm³/mol. The molecule has 15 heavy (non-hydrogen) atoms. The highest BCUT2D eigenvalue weighted by molar-refractivity contribution is 7.71. The number of hydrogen-bond donors (Lipinski definition) is 2. The molecular formula is C10H13N3OS. The van der Waals surface area contributed by atoms with Crippen molar-refractivity contribution in [2.75, 3.05) is 0 Å². The van der Waals surface area contributed by atoms with E-state index in [2.05, 4.69) is 10.2 Å². The Morgan fingerprint density at radius 2 is 2.27 bits per heavy atom. The van der Waals surface area contributed by atoms with Crippen molar-refractivity contribution in [1.82, 2.24) is 14.8 Å². The predicted octanol–water partition coefficient (Wildman–Crippen LogP) is 2.58. The van der Waals surface area contributed by atoms with E-state index in [4.69, 9.17) is 12.2 Å². The van der Waals surface area contributed by atoms with Crippen molar-refractivity contribution in [3.63, 3.8) is 0 Å². The maximum Gasteiger partial charge on any atom is 0.195 e. The van der Waals surface area contributed by atoms with Gasteiger partial charge < -0.3 is 9.67 Å². The first kappa shape index (κ1) is 10.2. The normalized spacial score (nSPS) is 16.1. The molecule has 0 aromatic carbocycles.